The summed E-state index contributed by atoms with van der Waals surface area (Å²) in [5.41, 5.74) is 0. The van der Waals surface area contributed by atoms with Gasteiger partial charge >= 0.3 is 0 Å². The summed E-state index contributed by atoms with van der Waals surface area (Å²) in [6.45, 7) is 4.91. The van der Waals surface area contributed by atoms with Crippen LogP contribution in [-0.2, 0) is 20.3 Å². The molecule has 0 aromatic heterocycles. The molecule has 0 N–H and O–H groups in total. The zero-order valence-corrected chi connectivity index (χ0v) is 11.2. The average Bonchev–Trinajstić information content (AvgIpc) is 2.42. The summed E-state index contributed by atoms with van der Waals surface area (Å²) >= 11 is -2.53. The van der Waals surface area contributed by atoms with Crippen LogP contribution in [0.15, 0.2) is 0 Å². The van der Waals surface area contributed by atoms with Crippen LogP contribution >= 0.6 is 0 Å². The Kier molecular flexibility index (Phi) is 6.08. The second-order valence-corrected chi connectivity index (χ2v) is 5.22. The highest BCUT2D eigenvalue weighted by Crippen LogP contribution is 2.22. The lowest BCUT2D eigenvalue weighted by Crippen LogP contribution is -2.41. The normalized spacial score (nSPS) is 27.6. The third kappa shape index (κ3) is 4.73. The van der Waals surface area contributed by atoms with E-state index in [2.05, 4.69) is 18.0 Å². The van der Waals surface area contributed by atoms with Crippen LogP contribution in [0.3, 0.4) is 0 Å². The lowest BCUT2D eigenvalue weighted by Gasteiger charge is -2.30. The average molecular weight is 262 g/mol. The molecule has 0 bridgehead atoms. The first-order valence-electron chi connectivity index (χ1n) is 6.04. The molecule has 6 heteroatoms. The molecule has 1 saturated heterocycles. The number of carbonyl (C=O) groups excluding carboxylic acids is 1. The number of hydrogen-bond acceptors (Lipinski definition) is 4. The molecule has 0 spiro atoms. The Morgan fingerprint density at radius 2 is 2.18 bits per heavy atom. The molecule has 1 aliphatic heterocycles. The molecule has 3 unspecified atom stereocenters. The molecule has 1 fully saturated rings. The van der Waals surface area contributed by atoms with E-state index in [0.29, 0.717) is 5.92 Å². The maximum atomic E-state index is 11.9. The van der Waals surface area contributed by atoms with Crippen molar-refractivity contribution in [1.29, 1.82) is 0 Å². The van der Waals surface area contributed by atoms with Gasteiger partial charge in [0, 0.05) is 12.6 Å². The minimum Gasteiger partial charge on any atom is -0.750 e. The molecule has 100 valence electrons. The Labute approximate surface area is 105 Å². The van der Waals surface area contributed by atoms with Crippen molar-refractivity contribution in [2.24, 2.45) is 5.92 Å². The second-order valence-electron chi connectivity index (χ2n) is 4.58. The lowest BCUT2D eigenvalue weighted by molar-refractivity contribution is -0.134. The lowest BCUT2D eigenvalue weighted by atomic mass is 9.98. The highest BCUT2D eigenvalue weighted by atomic mass is 32.2. The predicted octanol–water partition coefficient (Wildman–Crippen LogP) is 1.22. The molecular formula is C11H20NO4S-. The predicted molar refractivity (Wildman–Crippen MR) is 63.7 cm³/mol. The number of rotatable bonds is 4. The van der Waals surface area contributed by atoms with E-state index in [1.807, 2.05) is 4.90 Å². The summed E-state index contributed by atoms with van der Waals surface area (Å²) in [6, 6.07) is 0.225. The minimum absolute atomic E-state index is 0.0169. The van der Waals surface area contributed by atoms with Crippen LogP contribution in [0.2, 0.25) is 0 Å². The first-order valence-corrected chi connectivity index (χ1v) is 7.04. The molecule has 1 aliphatic rings. The van der Waals surface area contributed by atoms with Crippen LogP contribution in [-0.4, -0.2) is 38.8 Å². The molecule has 3 atom stereocenters. The van der Waals surface area contributed by atoms with Crippen LogP contribution in [0.5, 0.6) is 0 Å². The van der Waals surface area contributed by atoms with Gasteiger partial charge in [-0.3, -0.25) is 4.79 Å². The number of amides is 1. The van der Waals surface area contributed by atoms with E-state index in [1.165, 1.54) is 0 Å². The Morgan fingerprint density at radius 1 is 1.47 bits per heavy atom. The van der Waals surface area contributed by atoms with Gasteiger partial charge in [-0.1, -0.05) is 13.3 Å². The molecule has 0 aromatic carbocycles. The van der Waals surface area contributed by atoms with Gasteiger partial charge in [0.2, 0.25) is 5.91 Å². The maximum absolute atomic E-state index is 11.9. The zero-order chi connectivity index (χ0) is 12.8. The molecular weight excluding hydrogens is 242 g/mol. The van der Waals surface area contributed by atoms with Gasteiger partial charge in [0.15, 0.2) is 0 Å². The second kappa shape index (κ2) is 7.08. The van der Waals surface area contributed by atoms with Gasteiger partial charge in [-0.15, -0.1) is 0 Å². The Bertz CT molecular complexity index is 285. The van der Waals surface area contributed by atoms with Gasteiger partial charge in [0.25, 0.3) is 0 Å². The summed E-state index contributed by atoms with van der Waals surface area (Å²) in [5.74, 6) is 0.479. The molecule has 17 heavy (non-hydrogen) atoms. The smallest absolute Gasteiger partial charge is 0.225 e. The SMILES string of the molecule is CC1CCCCN(C(=O)CCOS(=O)[O-])C1C. The minimum atomic E-state index is -2.53. The fourth-order valence-corrected chi connectivity index (χ4v) is 2.41. The number of nitrogens with zero attached hydrogens (tertiary/aromatic N) is 1. The summed E-state index contributed by atoms with van der Waals surface area (Å²) in [7, 11) is 0. The van der Waals surface area contributed by atoms with E-state index in [0.717, 1.165) is 25.8 Å². The van der Waals surface area contributed by atoms with Crippen molar-refractivity contribution in [3.8, 4) is 0 Å². The molecule has 0 saturated carbocycles. The molecule has 0 aliphatic carbocycles. The third-order valence-electron chi connectivity index (χ3n) is 3.44. The Morgan fingerprint density at radius 3 is 2.82 bits per heavy atom. The Hall–Kier alpha value is -0.460. The molecule has 0 aromatic rings. The first-order chi connectivity index (χ1) is 8.02. The molecule has 1 heterocycles. The summed E-state index contributed by atoms with van der Waals surface area (Å²) < 4.78 is 24.7. The molecule has 5 nitrogen and oxygen atoms in total. The molecule has 1 rings (SSSR count). The van der Waals surface area contributed by atoms with Crippen LogP contribution < -0.4 is 0 Å². The maximum Gasteiger partial charge on any atom is 0.225 e. The highest BCUT2D eigenvalue weighted by molar-refractivity contribution is 7.74. The van der Waals surface area contributed by atoms with Crippen molar-refractivity contribution in [2.45, 2.75) is 45.6 Å². The molecule has 1 amide bonds. The summed E-state index contributed by atoms with van der Waals surface area (Å²) in [4.78, 5) is 13.8. The van der Waals surface area contributed by atoms with Crippen LogP contribution in [0.4, 0.5) is 0 Å². The largest absolute Gasteiger partial charge is 0.750 e. The van der Waals surface area contributed by atoms with E-state index < -0.39 is 11.4 Å². The number of hydrogen-bond donors (Lipinski definition) is 0. The van der Waals surface area contributed by atoms with E-state index in [-0.39, 0.29) is 25.0 Å². The van der Waals surface area contributed by atoms with Gasteiger partial charge < -0.3 is 13.6 Å². The van der Waals surface area contributed by atoms with Gasteiger partial charge in [-0.25, -0.2) is 4.21 Å². The van der Waals surface area contributed by atoms with Gasteiger partial charge in [-0.2, -0.15) is 0 Å². The van der Waals surface area contributed by atoms with Crippen molar-refractivity contribution in [1.82, 2.24) is 4.90 Å². The van der Waals surface area contributed by atoms with Gasteiger partial charge in [0.1, 0.15) is 0 Å². The summed E-state index contributed by atoms with van der Waals surface area (Å²) in [6.07, 6.45) is 3.45. The monoisotopic (exact) mass is 262 g/mol. The van der Waals surface area contributed by atoms with Crippen LogP contribution in [0, 0.1) is 5.92 Å². The third-order valence-corrected chi connectivity index (χ3v) is 3.80. The highest BCUT2D eigenvalue weighted by Gasteiger charge is 2.26. The fraction of sp³-hybridized carbons (Fsp3) is 0.909. The quantitative estimate of drug-likeness (QED) is 0.714. The first kappa shape index (κ1) is 14.6. The fourth-order valence-electron chi connectivity index (χ4n) is 2.19. The molecule has 0 radical (unpaired) electrons. The Balaban J connectivity index is 2.45. The van der Waals surface area contributed by atoms with E-state index in [9.17, 15) is 13.6 Å². The van der Waals surface area contributed by atoms with Crippen LogP contribution in [0.25, 0.3) is 0 Å². The van der Waals surface area contributed by atoms with E-state index in [4.69, 9.17) is 0 Å². The van der Waals surface area contributed by atoms with Crippen molar-refractivity contribution in [3.63, 3.8) is 0 Å². The standard InChI is InChI=1S/C11H21NO4S/c1-9-5-3-4-7-12(10(9)2)11(13)6-8-16-17(14)15/h9-10H,3-8H2,1-2H3,(H,14,15)/p-1. The summed E-state index contributed by atoms with van der Waals surface area (Å²) in [5, 5.41) is 0. The van der Waals surface area contributed by atoms with Crippen molar-refractivity contribution in [2.75, 3.05) is 13.2 Å². The number of likely N-dealkylation sites (tertiary alicyclic amines) is 1. The topological polar surface area (TPSA) is 69.7 Å². The van der Waals surface area contributed by atoms with Crippen molar-refractivity contribution >= 4 is 17.3 Å². The van der Waals surface area contributed by atoms with Crippen molar-refractivity contribution in [3.05, 3.63) is 0 Å². The van der Waals surface area contributed by atoms with Gasteiger partial charge in [-0.05, 0) is 25.7 Å². The van der Waals surface area contributed by atoms with E-state index in [1.54, 1.807) is 0 Å². The number of carbonyl (C=O) groups is 1. The van der Waals surface area contributed by atoms with Crippen molar-refractivity contribution < 1.29 is 17.7 Å². The van der Waals surface area contributed by atoms with Crippen LogP contribution in [0.1, 0.15) is 39.5 Å². The van der Waals surface area contributed by atoms with E-state index >= 15 is 0 Å². The zero-order valence-electron chi connectivity index (χ0n) is 10.4. The van der Waals surface area contributed by atoms with Gasteiger partial charge in [0.05, 0.1) is 24.4 Å².